The lowest BCUT2D eigenvalue weighted by molar-refractivity contribution is -0.144. The minimum absolute atomic E-state index is 0.0359. The van der Waals surface area contributed by atoms with E-state index in [0.717, 1.165) is 44.4 Å². The number of nitrogens with zero attached hydrogens (tertiary/aromatic N) is 3. The average Bonchev–Trinajstić information content (AvgIpc) is 2.58. The van der Waals surface area contributed by atoms with Crippen molar-refractivity contribution in [2.45, 2.75) is 38.5 Å². The quantitative estimate of drug-likeness (QED) is 0.499. The maximum absolute atomic E-state index is 11.8. The van der Waals surface area contributed by atoms with Crippen LogP contribution in [-0.2, 0) is 9.53 Å². The van der Waals surface area contributed by atoms with E-state index < -0.39 is 0 Å². The summed E-state index contributed by atoms with van der Waals surface area (Å²) in [6.45, 7) is 7.24. The maximum Gasteiger partial charge on any atom is 0.307 e. The lowest BCUT2D eigenvalue weighted by Crippen LogP contribution is -2.40. The van der Waals surface area contributed by atoms with Crippen molar-refractivity contribution in [3.8, 4) is 0 Å². The smallest absolute Gasteiger partial charge is 0.307 e. The van der Waals surface area contributed by atoms with E-state index in [4.69, 9.17) is 4.74 Å². The normalized spacial score (nSPS) is 22.2. The molecular weight excluding hydrogens is 302 g/mol. The first kappa shape index (κ1) is 19.7. The van der Waals surface area contributed by atoms with Crippen LogP contribution in [0.3, 0.4) is 0 Å². The number of rotatable bonds is 8. The summed E-state index contributed by atoms with van der Waals surface area (Å²) in [5.41, 5.74) is 0. The molecule has 2 saturated heterocycles. The Hall–Kier alpha value is -0.650. The van der Waals surface area contributed by atoms with Crippen LogP contribution >= 0.6 is 0 Å². The molecule has 0 bridgehead atoms. The first-order valence-corrected chi connectivity index (χ1v) is 9.76. The minimum Gasteiger partial charge on any atom is -0.466 e. The third-order valence-corrected chi connectivity index (χ3v) is 5.71. The Kier molecular flexibility index (Phi) is 8.50. The highest BCUT2D eigenvalue weighted by Gasteiger charge is 2.28. The molecule has 5 heteroatoms. The number of hydrogen-bond donors (Lipinski definition) is 0. The molecule has 0 radical (unpaired) electrons. The van der Waals surface area contributed by atoms with E-state index >= 15 is 0 Å². The molecule has 5 nitrogen and oxygen atoms in total. The molecular formula is C19H37N3O2. The van der Waals surface area contributed by atoms with Crippen LogP contribution in [0.5, 0.6) is 0 Å². The monoisotopic (exact) mass is 339 g/mol. The third kappa shape index (κ3) is 7.08. The molecule has 0 spiro atoms. The summed E-state index contributed by atoms with van der Waals surface area (Å²) in [6, 6.07) is 0. The maximum atomic E-state index is 11.8. The number of likely N-dealkylation sites (tertiary alicyclic amines) is 2. The summed E-state index contributed by atoms with van der Waals surface area (Å²) in [5, 5.41) is 0. The van der Waals surface area contributed by atoms with Gasteiger partial charge in [0.15, 0.2) is 0 Å². The number of piperidine rings is 2. The fourth-order valence-electron chi connectivity index (χ4n) is 4.04. The van der Waals surface area contributed by atoms with Crippen molar-refractivity contribution in [3.63, 3.8) is 0 Å². The molecule has 0 N–H and O–H groups in total. The van der Waals surface area contributed by atoms with Crippen molar-refractivity contribution in [2.75, 3.05) is 67.0 Å². The summed E-state index contributed by atoms with van der Waals surface area (Å²) < 4.78 is 5.31. The second-order valence-corrected chi connectivity index (χ2v) is 7.95. The van der Waals surface area contributed by atoms with Gasteiger partial charge in [-0.1, -0.05) is 0 Å². The van der Waals surface area contributed by atoms with Gasteiger partial charge in [0.1, 0.15) is 0 Å². The van der Waals surface area contributed by atoms with Gasteiger partial charge in [-0.3, -0.25) is 4.79 Å². The van der Waals surface area contributed by atoms with Crippen LogP contribution in [0.4, 0.5) is 0 Å². The van der Waals surface area contributed by atoms with Gasteiger partial charge in [-0.25, -0.2) is 0 Å². The highest BCUT2D eigenvalue weighted by molar-refractivity contribution is 5.69. The second kappa shape index (κ2) is 10.4. The van der Waals surface area contributed by atoms with E-state index in [1.165, 1.54) is 38.8 Å². The van der Waals surface area contributed by atoms with E-state index in [1.807, 2.05) is 14.1 Å². The van der Waals surface area contributed by atoms with Crippen LogP contribution in [0.2, 0.25) is 0 Å². The third-order valence-electron chi connectivity index (χ3n) is 5.71. The van der Waals surface area contributed by atoms with Crippen molar-refractivity contribution in [2.24, 2.45) is 11.8 Å². The van der Waals surface area contributed by atoms with Crippen molar-refractivity contribution >= 4 is 5.97 Å². The van der Waals surface area contributed by atoms with Crippen LogP contribution in [-0.4, -0.2) is 87.7 Å². The van der Waals surface area contributed by atoms with Gasteiger partial charge in [0.2, 0.25) is 0 Å². The molecule has 0 amide bonds. The van der Waals surface area contributed by atoms with E-state index in [1.54, 1.807) is 0 Å². The summed E-state index contributed by atoms with van der Waals surface area (Å²) in [5.74, 6) is 1.81. The van der Waals surface area contributed by atoms with E-state index in [-0.39, 0.29) is 5.97 Å². The molecule has 0 atom stereocenters. The van der Waals surface area contributed by atoms with Crippen LogP contribution in [0.15, 0.2) is 0 Å². The molecule has 24 heavy (non-hydrogen) atoms. The molecule has 0 aromatic rings. The predicted octanol–water partition coefficient (Wildman–Crippen LogP) is 1.93. The first-order valence-electron chi connectivity index (χ1n) is 9.76. The van der Waals surface area contributed by atoms with Crippen LogP contribution in [0.1, 0.15) is 38.5 Å². The Bertz CT molecular complexity index is 360. The largest absolute Gasteiger partial charge is 0.466 e. The number of carbonyl (C=O) groups excluding carboxylic acids is 1. The van der Waals surface area contributed by atoms with Gasteiger partial charge in [-0.15, -0.1) is 0 Å². The molecule has 0 unspecified atom stereocenters. The molecule has 0 aromatic carbocycles. The molecule has 0 aromatic heterocycles. The number of esters is 1. The lowest BCUT2D eigenvalue weighted by atomic mass is 9.79. The van der Waals surface area contributed by atoms with Crippen molar-refractivity contribution in [3.05, 3.63) is 0 Å². The predicted molar refractivity (Wildman–Crippen MR) is 98.1 cm³/mol. The number of hydrogen-bond acceptors (Lipinski definition) is 5. The van der Waals surface area contributed by atoms with Crippen molar-refractivity contribution in [1.29, 1.82) is 0 Å². The summed E-state index contributed by atoms with van der Waals surface area (Å²) in [7, 11) is 6.31. The Balaban J connectivity index is 1.54. The lowest BCUT2D eigenvalue weighted by Gasteiger charge is -2.39. The molecule has 2 rings (SSSR count). The van der Waals surface area contributed by atoms with Crippen molar-refractivity contribution in [1.82, 2.24) is 14.7 Å². The molecule has 2 aliphatic heterocycles. The Morgan fingerprint density at radius 3 is 2.21 bits per heavy atom. The van der Waals surface area contributed by atoms with Crippen LogP contribution < -0.4 is 0 Å². The van der Waals surface area contributed by atoms with E-state index in [9.17, 15) is 4.79 Å². The zero-order valence-electron chi connectivity index (χ0n) is 16.0. The molecule has 140 valence electrons. The molecule has 0 aliphatic carbocycles. The first-order chi connectivity index (χ1) is 11.5. The fraction of sp³-hybridized carbons (Fsp3) is 0.947. The number of ether oxygens (including phenoxy) is 1. The average molecular weight is 340 g/mol. The summed E-state index contributed by atoms with van der Waals surface area (Å²) in [6.07, 6.45) is 6.83. The van der Waals surface area contributed by atoms with Gasteiger partial charge in [-0.2, -0.15) is 0 Å². The zero-order chi connectivity index (χ0) is 17.4. The van der Waals surface area contributed by atoms with Crippen LogP contribution in [0.25, 0.3) is 0 Å². The SMILES string of the molecule is CN(C)CCCOC(=O)CCN1CCC(C2CCN(C)CC2)CC1. The molecule has 2 aliphatic rings. The van der Waals surface area contributed by atoms with Gasteiger partial charge >= 0.3 is 5.97 Å². The Morgan fingerprint density at radius 1 is 1.04 bits per heavy atom. The van der Waals surface area contributed by atoms with Gasteiger partial charge in [0.25, 0.3) is 0 Å². The fourth-order valence-corrected chi connectivity index (χ4v) is 4.04. The zero-order valence-corrected chi connectivity index (χ0v) is 16.0. The number of carbonyl (C=O) groups is 1. The molecule has 0 saturated carbocycles. The summed E-state index contributed by atoms with van der Waals surface area (Å²) >= 11 is 0. The van der Waals surface area contributed by atoms with Crippen LogP contribution in [0, 0.1) is 11.8 Å². The summed E-state index contributed by atoms with van der Waals surface area (Å²) in [4.78, 5) is 18.8. The highest BCUT2D eigenvalue weighted by atomic mass is 16.5. The molecule has 2 fully saturated rings. The standard InChI is InChI=1S/C19H37N3O2/c1-20(2)10-4-16-24-19(23)9-15-22-13-7-18(8-14-22)17-5-11-21(3)12-6-17/h17-18H,4-16H2,1-3H3. The topological polar surface area (TPSA) is 36.0 Å². The van der Waals surface area contributed by atoms with Gasteiger partial charge in [0, 0.05) is 13.1 Å². The highest BCUT2D eigenvalue weighted by Crippen LogP contribution is 2.32. The Labute approximate surface area is 148 Å². The van der Waals surface area contributed by atoms with Gasteiger partial charge < -0.3 is 19.4 Å². The minimum atomic E-state index is -0.0359. The van der Waals surface area contributed by atoms with Gasteiger partial charge in [0.05, 0.1) is 13.0 Å². The molecule has 2 heterocycles. The van der Waals surface area contributed by atoms with Crippen molar-refractivity contribution < 1.29 is 9.53 Å². The second-order valence-electron chi connectivity index (χ2n) is 7.95. The Morgan fingerprint density at radius 2 is 1.62 bits per heavy atom. The van der Waals surface area contributed by atoms with Gasteiger partial charge in [-0.05, 0) is 91.3 Å². The van der Waals surface area contributed by atoms with E-state index in [2.05, 4.69) is 21.7 Å². The van der Waals surface area contributed by atoms with E-state index in [0.29, 0.717) is 13.0 Å².